The first kappa shape index (κ1) is 13.5. The molecule has 0 spiro atoms. The van der Waals surface area contributed by atoms with Crippen molar-refractivity contribution in [1.29, 1.82) is 0 Å². The van der Waals surface area contributed by atoms with Crippen LogP contribution in [0, 0.1) is 5.95 Å². The first-order valence-corrected chi connectivity index (χ1v) is 7.71. The van der Waals surface area contributed by atoms with Gasteiger partial charge in [0, 0.05) is 11.4 Å². The maximum absolute atomic E-state index is 12.7. The molecule has 0 aliphatic carbocycles. The molecule has 1 aliphatic rings. The van der Waals surface area contributed by atoms with E-state index in [1.807, 2.05) is 0 Å². The van der Waals surface area contributed by atoms with Gasteiger partial charge in [-0.15, -0.1) is 21.5 Å². The van der Waals surface area contributed by atoms with E-state index < -0.39 is 5.95 Å². The molecular formula is C14H17FN4S. The predicted octanol–water partition coefficient (Wildman–Crippen LogP) is 2.93. The molecule has 1 fully saturated rings. The second-order valence-electron chi connectivity index (χ2n) is 4.90. The first-order valence-electron chi connectivity index (χ1n) is 6.83. The number of thiophene rings is 1. The van der Waals surface area contributed by atoms with Crippen LogP contribution in [0.2, 0.25) is 0 Å². The average molecular weight is 292 g/mol. The fourth-order valence-electron chi connectivity index (χ4n) is 2.56. The zero-order valence-corrected chi connectivity index (χ0v) is 11.9. The second kappa shape index (κ2) is 6.28. The Morgan fingerprint density at radius 2 is 2.10 bits per heavy atom. The highest BCUT2D eigenvalue weighted by molar-refractivity contribution is 7.10. The standard InChI is InChI=1S/C14H17FN4S/c15-13-5-6-14(18-17-13)16-10-11(12-4-3-9-20-12)19-7-1-2-8-19/h3-6,9,11H,1-2,7-8,10H2,(H,16,18). The van der Waals surface area contributed by atoms with E-state index >= 15 is 0 Å². The Morgan fingerprint density at radius 3 is 2.75 bits per heavy atom. The monoisotopic (exact) mass is 292 g/mol. The van der Waals surface area contributed by atoms with Gasteiger partial charge in [0.25, 0.3) is 0 Å². The Morgan fingerprint density at radius 1 is 1.25 bits per heavy atom. The molecule has 1 unspecified atom stereocenters. The lowest BCUT2D eigenvalue weighted by atomic mass is 10.2. The number of halogens is 1. The molecule has 4 nitrogen and oxygen atoms in total. The van der Waals surface area contributed by atoms with Crippen LogP contribution in [-0.4, -0.2) is 34.7 Å². The third-order valence-corrected chi connectivity index (χ3v) is 4.54. The lowest BCUT2D eigenvalue weighted by Crippen LogP contribution is -2.30. The van der Waals surface area contributed by atoms with Crippen LogP contribution < -0.4 is 5.32 Å². The summed E-state index contributed by atoms with van der Waals surface area (Å²) in [5.74, 6) is 0.0667. The Balaban J connectivity index is 1.68. The molecule has 1 atom stereocenters. The van der Waals surface area contributed by atoms with E-state index in [0.29, 0.717) is 11.9 Å². The van der Waals surface area contributed by atoms with Crippen LogP contribution in [0.3, 0.4) is 0 Å². The van der Waals surface area contributed by atoms with Gasteiger partial charge in [0.05, 0.1) is 6.04 Å². The summed E-state index contributed by atoms with van der Waals surface area (Å²) < 4.78 is 12.7. The van der Waals surface area contributed by atoms with E-state index in [-0.39, 0.29) is 0 Å². The Kier molecular flexibility index (Phi) is 4.22. The fourth-order valence-corrected chi connectivity index (χ4v) is 3.42. The summed E-state index contributed by atoms with van der Waals surface area (Å²) in [6.07, 6.45) is 2.52. The molecule has 3 rings (SSSR count). The van der Waals surface area contributed by atoms with Gasteiger partial charge in [-0.05, 0) is 49.5 Å². The molecule has 6 heteroatoms. The van der Waals surface area contributed by atoms with Crippen molar-refractivity contribution in [3.8, 4) is 0 Å². The van der Waals surface area contributed by atoms with Crippen LogP contribution in [0.1, 0.15) is 23.8 Å². The molecule has 1 N–H and O–H groups in total. The van der Waals surface area contributed by atoms with Crippen LogP contribution in [0.5, 0.6) is 0 Å². The highest BCUT2D eigenvalue weighted by Gasteiger charge is 2.24. The number of hydrogen-bond acceptors (Lipinski definition) is 5. The minimum Gasteiger partial charge on any atom is -0.367 e. The van der Waals surface area contributed by atoms with Crippen molar-refractivity contribution in [2.45, 2.75) is 18.9 Å². The van der Waals surface area contributed by atoms with Crippen LogP contribution in [0.4, 0.5) is 10.2 Å². The minimum atomic E-state index is -0.551. The SMILES string of the molecule is Fc1ccc(NCC(c2cccs2)N2CCCC2)nn1. The number of likely N-dealkylation sites (tertiary alicyclic amines) is 1. The Bertz CT molecular complexity index is 523. The number of nitrogens with one attached hydrogen (secondary N) is 1. The van der Waals surface area contributed by atoms with Gasteiger partial charge in [0.15, 0.2) is 0 Å². The van der Waals surface area contributed by atoms with E-state index in [1.54, 1.807) is 17.4 Å². The van der Waals surface area contributed by atoms with E-state index in [2.05, 4.69) is 37.9 Å². The predicted molar refractivity (Wildman–Crippen MR) is 78.3 cm³/mol. The summed E-state index contributed by atoms with van der Waals surface area (Å²) in [6.45, 7) is 3.04. The average Bonchev–Trinajstić information content (AvgIpc) is 3.14. The van der Waals surface area contributed by atoms with Gasteiger partial charge in [-0.3, -0.25) is 4.90 Å². The van der Waals surface area contributed by atoms with E-state index in [9.17, 15) is 4.39 Å². The second-order valence-corrected chi connectivity index (χ2v) is 5.88. The van der Waals surface area contributed by atoms with E-state index in [4.69, 9.17) is 0 Å². The summed E-state index contributed by atoms with van der Waals surface area (Å²) in [6, 6.07) is 7.56. The summed E-state index contributed by atoms with van der Waals surface area (Å²) in [7, 11) is 0. The smallest absolute Gasteiger partial charge is 0.233 e. The molecule has 0 saturated carbocycles. The molecule has 20 heavy (non-hydrogen) atoms. The highest BCUT2D eigenvalue weighted by Crippen LogP contribution is 2.28. The quantitative estimate of drug-likeness (QED) is 0.920. The number of nitrogens with zero attached hydrogens (tertiary/aromatic N) is 3. The molecule has 1 saturated heterocycles. The Labute approximate surface area is 121 Å². The zero-order chi connectivity index (χ0) is 13.8. The van der Waals surface area contributed by atoms with Gasteiger partial charge >= 0.3 is 0 Å². The molecule has 2 aromatic heterocycles. The first-order chi connectivity index (χ1) is 9.83. The Hall–Kier alpha value is -1.53. The molecular weight excluding hydrogens is 275 g/mol. The molecule has 3 heterocycles. The van der Waals surface area contributed by atoms with Gasteiger partial charge in [-0.2, -0.15) is 4.39 Å². The van der Waals surface area contributed by atoms with Crippen molar-refractivity contribution in [2.24, 2.45) is 0 Å². The maximum atomic E-state index is 12.7. The van der Waals surface area contributed by atoms with Gasteiger partial charge in [-0.25, -0.2) is 0 Å². The van der Waals surface area contributed by atoms with Crippen LogP contribution in [-0.2, 0) is 0 Å². The molecule has 0 bridgehead atoms. The van der Waals surface area contributed by atoms with Crippen molar-refractivity contribution >= 4 is 17.2 Å². The number of rotatable bonds is 5. The summed E-state index contributed by atoms with van der Waals surface area (Å²) in [4.78, 5) is 3.85. The fraction of sp³-hybridized carbons (Fsp3) is 0.429. The lowest BCUT2D eigenvalue weighted by molar-refractivity contribution is 0.259. The van der Waals surface area contributed by atoms with Gasteiger partial charge < -0.3 is 5.32 Å². The number of aromatic nitrogens is 2. The van der Waals surface area contributed by atoms with E-state index in [1.165, 1.54) is 23.8 Å². The molecule has 106 valence electrons. The summed E-state index contributed by atoms with van der Waals surface area (Å²) in [5, 5.41) is 12.6. The molecule has 0 radical (unpaired) electrons. The molecule has 1 aliphatic heterocycles. The van der Waals surface area contributed by atoms with Gasteiger partial charge in [0.1, 0.15) is 5.82 Å². The van der Waals surface area contributed by atoms with Crippen molar-refractivity contribution in [3.63, 3.8) is 0 Å². The number of anilines is 1. The molecule has 2 aromatic rings. The zero-order valence-electron chi connectivity index (χ0n) is 11.1. The van der Waals surface area contributed by atoms with Crippen molar-refractivity contribution in [1.82, 2.24) is 15.1 Å². The summed E-state index contributed by atoms with van der Waals surface area (Å²) in [5.41, 5.74) is 0. The number of hydrogen-bond donors (Lipinski definition) is 1. The largest absolute Gasteiger partial charge is 0.367 e. The molecule has 0 aromatic carbocycles. The van der Waals surface area contributed by atoms with Gasteiger partial charge in [0.2, 0.25) is 5.95 Å². The molecule has 0 amide bonds. The maximum Gasteiger partial charge on any atom is 0.233 e. The normalized spacial score (nSPS) is 17.2. The van der Waals surface area contributed by atoms with Gasteiger partial charge in [-0.1, -0.05) is 6.07 Å². The third kappa shape index (κ3) is 3.13. The van der Waals surface area contributed by atoms with Crippen molar-refractivity contribution in [3.05, 3.63) is 40.5 Å². The van der Waals surface area contributed by atoms with Crippen molar-refractivity contribution < 1.29 is 4.39 Å². The van der Waals surface area contributed by atoms with Crippen LogP contribution >= 0.6 is 11.3 Å². The minimum absolute atomic E-state index is 0.351. The van der Waals surface area contributed by atoms with Crippen LogP contribution in [0.25, 0.3) is 0 Å². The third-order valence-electron chi connectivity index (χ3n) is 3.56. The van der Waals surface area contributed by atoms with Crippen LogP contribution in [0.15, 0.2) is 29.6 Å². The topological polar surface area (TPSA) is 41.0 Å². The summed E-state index contributed by atoms with van der Waals surface area (Å²) >= 11 is 1.78. The van der Waals surface area contributed by atoms with E-state index in [0.717, 1.165) is 19.6 Å². The highest BCUT2D eigenvalue weighted by atomic mass is 32.1. The van der Waals surface area contributed by atoms with Crippen molar-refractivity contribution in [2.75, 3.05) is 25.0 Å². The lowest BCUT2D eigenvalue weighted by Gasteiger charge is -2.27.